The zero-order valence-electron chi connectivity index (χ0n) is 11.2. The van der Waals surface area contributed by atoms with E-state index in [2.05, 4.69) is 5.32 Å². The number of carbonyl (C=O) groups is 2. The summed E-state index contributed by atoms with van der Waals surface area (Å²) in [6, 6.07) is 4.09. The van der Waals surface area contributed by atoms with E-state index in [-0.39, 0.29) is 18.2 Å². The average Bonchev–Trinajstić information content (AvgIpc) is 2.85. The quantitative estimate of drug-likeness (QED) is 0.791. The van der Waals surface area contributed by atoms with Gasteiger partial charge in [0.25, 0.3) is 0 Å². The minimum Gasteiger partial charge on any atom is -0.396 e. The molecule has 1 aromatic rings. The van der Waals surface area contributed by atoms with Gasteiger partial charge in [0.2, 0.25) is 0 Å². The van der Waals surface area contributed by atoms with Crippen molar-refractivity contribution in [3.05, 3.63) is 29.6 Å². The molecule has 2 amide bonds. The molecular weight excluding hydrogens is 263 g/mol. The molecule has 0 radical (unpaired) electrons. The number of amides is 2. The first-order chi connectivity index (χ1) is 9.49. The third-order valence-electron chi connectivity index (χ3n) is 3.33. The van der Waals surface area contributed by atoms with Crippen molar-refractivity contribution in [1.82, 2.24) is 4.90 Å². The van der Waals surface area contributed by atoms with Gasteiger partial charge in [-0.25, -0.2) is 4.39 Å². The number of likely N-dealkylation sites (tertiary alicyclic amines) is 1. The Balaban J connectivity index is 1.99. The highest BCUT2D eigenvalue weighted by molar-refractivity contribution is 6.39. The van der Waals surface area contributed by atoms with Crippen LogP contribution >= 0.6 is 0 Å². The van der Waals surface area contributed by atoms with Crippen molar-refractivity contribution in [1.29, 1.82) is 0 Å². The Morgan fingerprint density at radius 3 is 2.80 bits per heavy atom. The maximum Gasteiger partial charge on any atom is 0.313 e. The molecule has 0 bridgehead atoms. The third kappa shape index (κ3) is 3.33. The van der Waals surface area contributed by atoms with E-state index in [1.54, 1.807) is 13.0 Å². The molecule has 20 heavy (non-hydrogen) atoms. The van der Waals surface area contributed by atoms with Crippen LogP contribution in [-0.2, 0) is 9.59 Å². The lowest BCUT2D eigenvalue weighted by atomic mass is 10.1. The van der Waals surface area contributed by atoms with Crippen molar-refractivity contribution in [2.45, 2.75) is 13.3 Å². The first kappa shape index (κ1) is 14.5. The molecule has 108 valence electrons. The Morgan fingerprint density at radius 2 is 2.20 bits per heavy atom. The molecule has 1 aliphatic heterocycles. The van der Waals surface area contributed by atoms with Crippen molar-refractivity contribution in [2.75, 3.05) is 25.0 Å². The summed E-state index contributed by atoms with van der Waals surface area (Å²) < 4.78 is 13.2. The standard InChI is InChI=1S/C14H17FN2O3/c1-9-4-11(15)6-12(5-9)16-13(19)14(20)17-3-2-10(7-17)8-18/h4-6,10,18H,2-3,7-8H2,1H3,(H,16,19). The number of hydrogen-bond acceptors (Lipinski definition) is 3. The lowest BCUT2D eigenvalue weighted by Gasteiger charge is -2.15. The van der Waals surface area contributed by atoms with Gasteiger partial charge in [-0.1, -0.05) is 0 Å². The maximum atomic E-state index is 13.2. The molecule has 1 fully saturated rings. The van der Waals surface area contributed by atoms with Crippen LogP contribution in [0.5, 0.6) is 0 Å². The Morgan fingerprint density at radius 1 is 1.45 bits per heavy atom. The zero-order valence-corrected chi connectivity index (χ0v) is 11.2. The fraction of sp³-hybridized carbons (Fsp3) is 0.429. The maximum absolute atomic E-state index is 13.2. The second-order valence-electron chi connectivity index (χ2n) is 5.06. The molecule has 5 nitrogen and oxygen atoms in total. The van der Waals surface area contributed by atoms with Crippen LogP contribution in [0.2, 0.25) is 0 Å². The zero-order chi connectivity index (χ0) is 14.7. The van der Waals surface area contributed by atoms with Crippen LogP contribution in [0.1, 0.15) is 12.0 Å². The monoisotopic (exact) mass is 280 g/mol. The largest absolute Gasteiger partial charge is 0.396 e. The fourth-order valence-corrected chi connectivity index (χ4v) is 2.30. The van der Waals surface area contributed by atoms with Crippen LogP contribution in [0.4, 0.5) is 10.1 Å². The molecule has 1 atom stereocenters. The molecule has 0 saturated carbocycles. The molecule has 1 unspecified atom stereocenters. The summed E-state index contributed by atoms with van der Waals surface area (Å²) >= 11 is 0. The minimum absolute atomic E-state index is 0.00842. The van der Waals surface area contributed by atoms with Gasteiger partial charge in [0.05, 0.1) is 0 Å². The van der Waals surface area contributed by atoms with Crippen LogP contribution in [0.3, 0.4) is 0 Å². The van der Waals surface area contributed by atoms with Crippen LogP contribution in [0.25, 0.3) is 0 Å². The van der Waals surface area contributed by atoms with Gasteiger partial charge in [0, 0.05) is 31.3 Å². The first-order valence-corrected chi connectivity index (χ1v) is 6.48. The number of aliphatic hydroxyl groups excluding tert-OH is 1. The number of aryl methyl sites for hydroxylation is 1. The summed E-state index contributed by atoms with van der Waals surface area (Å²) in [6.07, 6.45) is 0.689. The second kappa shape index (κ2) is 6.00. The van der Waals surface area contributed by atoms with Crippen molar-refractivity contribution >= 4 is 17.5 Å². The summed E-state index contributed by atoms with van der Waals surface area (Å²) in [5, 5.41) is 11.4. The van der Waals surface area contributed by atoms with Gasteiger partial charge in [-0.05, 0) is 37.1 Å². The number of carbonyl (C=O) groups excluding carboxylic acids is 2. The number of benzene rings is 1. The Bertz CT molecular complexity index is 513. The second-order valence-corrected chi connectivity index (χ2v) is 5.06. The summed E-state index contributed by atoms with van der Waals surface area (Å²) in [5.41, 5.74) is 0.924. The molecule has 6 heteroatoms. The average molecular weight is 280 g/mol. The van der Waals surface area contributed by atoms with Gasteiger partial charge in [-0.15, -0.1) is 0 Å². The lowest BCUT2D eigenvalue weighted by Crippen LogP contribution is -2.38. The number of halogens is 1. The molecule has 1 saturated heterocycles. The number of rotatable bonds is 2. The Hall–Kier alpha value is -1.95. The van der Waals surface area contributed by atoms with E-state index in [0.29, 0.717) is 25.1 Å². The molecule has 2 rings (SSSR count). The summed E-state index contributed by atoms with van der Waals surface area (Å²) in [7, 11) is 0. The highest BCUT2D eigenvalue weighted by Crippen LogP contribution is 2.17. The molecule has 1 heterocycles. The van der Waals surface area contributed by atoms with Gasteiger partial charge in [0.15, 0.2) is 0 Å². The summed E-state index contributed by atoms with van der Waals surface area (Å²) in [6.45, 7) is 2.55. The normalized spacial score (nSPS) is 18.1. The molecule has 0 aromatic heterocycles. The van der Waals surface area contributed by atoms with Crippen LogP contribution < -0.4 is 5.32 Å². The van der Waals surface area contributed by atoms with E-state index in [4.69, 9.17) is 5.11 Å². The van der Waals surface area contributed by atoms with Gasteiger partial charge in [-0.2, -0.15) is 0 Å². The van der Waals surface area contributed by atoms with E-state index in [0.717, 1.165) is 0 Å². The number of nitrogens with zero attached hydrogens (tertiary/aromatic N) is 1. The molecule has 0 spiro atoms. The van der Waals surface area contributed by atoms with Crippen molar-refractivity contribution in [3.8, 4) is 0 Å². The van der Waals surface area contributed by atoms with Crippen molar-refractivity contribution in [3.63, 3.8) is 0 Å². The fourth-order valence-electron chi connectivity index (χ4n) is 2.30. The predicted molar refractivity (Wildman–Crippen MR) is 71.5 cm³/mol. The van der Waals surface area contributed by atoms with Gasteiger partial charge < -0.3 is 15.3 Å². The molecule has 0 aliphatic carbocycles. The topological polar surface area (TPSA) is 69.6 Å². The summed E-state index contributed by atoms with van der Waals surface area (Å²) in [4.78, 5) is 25.2. The Kier molecular flexibility index (Phi) is 4.34. The highest BCUT2D eigenvalue weighted by atomic mass is 19.1. The van der Waals surface area contributed by atoms with Crippen molar-refractivity contribution in [2.24, 2.45) is 5.92 Å². The van der Waals surface area contributed by atoms with E-state index in [9.17, 15) is 14.0 Å². The SMILES string of the molecule is Cc1cc(F)cc(NC(=O)C(=O)N2CCC(CO)C2)c1. The predicted octanol–water partition coefficient (Wildman–Crippen LogP) is 0.913. The molecule has 2 N–H and O–H groups in total. The van der Waals surface area contributed by atoms with Gasteiger partial charge >= 0.3 is 11.8 Å². The van der Waals surface area contributed by atoms with Crippen LogP contribution in [-0.4, -0.2) is 41.5 Å². The van der Waals surface area contributed by atoms with E-state index in [1.807, 2.05) is 0 Å². The molecule has 1 aliphatic rings. The third-order valence-corrected chi connectivity index (χ3v) is 3.33. The summed E-state index contributed by atoms with van der Waals surface area (Å²) in [5.74, 6) is -1.87. The number of nitrogens with one attached hydrogen (secondary N) is 1. The van der Waals surface area contributed by atoms with Crippen LogP contribution in [0, 0.1) is 18.7 Å². The van der Waals surface area contributed by atoms with E-state index < -0.39 is 17.6 Å². The molecular formula is C14H17FN2O3. The highest BCUT2D eigenvalue weighted by Gasteiger charge is 2.29. The van der Waals surface area contributed by atoms with Crippen LogP contribution in [0.15, 0.2) is 18.2 Å². The van der Waals surface area contributed by atoms with E-state index in [1.165, 1.54) is 17.0 Å². The minimum atomic E-state index is -0.784. The number of aliphatic hydroxyl groups is 1. The Labute approximate surface area is 116 Å². The van der Waals surface area contributed by atoms with Gasteiger partial charge in [0.1, 0.15) is 5.82 Å². The number of hydrogen-bond donors (Lipinski definition) is 2. The molecule has 1 aromatic carbocycles. The lowest BCUT2D eigenvalue weighted by molar-refractivity contribution is -0.142. The first-order valence-electron chi connectivity index (χ1n) is 6.48. The van der Waals surface area contributed by atoms with Crippen molar-refractivity contribution < 1.29 is 19.1 Å². The van der Waals surface area contributed by atoms with E-state index >= 15 is 0 Å². The van der Waals surface area contributed by atoms with Gasteiger partial charge in [-0.3, -0.25) is 9.59 Å². The smallest absolute Gasteiger partial charge is 0.313 e. The number of anilines is 1.